The molecule has 6 nitrogen and oxygen atoms in total. The molecule has 0 spiro atoms. The molecule has 178 valence electrons. The molecule has 9 heteroatoms. The average Bonchev–Trinajstić information content (AvgIpc) is 3.05. The highest BCUT2D eigenvalue weighted by Gasteiger charge is 2.42. The van der Waals surface area contributed by atoms with E-state index in [1.807, 2.05) is 11.0 Å². The molecular formula is C25H26F3N5O. The Kier molecular flexibility index (Phi) is 5.71. The molecule has 0 unspecified atom stereocenters. The number of halogens is 3. The molecule has 34 heavy (non-hydrogen) atoms. The summed E-state index contributed by atoms with van der Waals surface area (Å²) in [5, 5.41) is 6.94. The fourth-order valence-corrected chi connectivity index (χ4v) is 5.30. The molecule has 2 atom stereocenters. The fraction of sp³-hybridized carbons (Fsp3) is 0.360. The number of nitrogens with two attached hydrogens (primary N) is 1. The summed E-state index contributed by atoms with van der Waals surface area (Å²) in [6, 6.07) is 11.2. The Bertz CT molecular complexity index is 1210. The number of carbonyl (C=O) groups is 1. The first-order chi connectivity index (χ1) is 16.3. The average molecular weight is 470 g/mol. The maximum absolute atomic E-state index is 14.0. The molecular weight excluding hydrogens is 443 g/mol. The van der Waals surface area contributed by atoms with E-state index in [2.05, 4.69) is 15.6 Å². The van der Waals surface area contributed by atoms with Crippen molar-refractivity contribution in [2.24, 2.45) is 0 Å². The van der Waals surface area contributed by atoms with Crippen LogP contribution in [0.2, 0.25) is 0 Å². The minimum atomic E-state index is -4.47. The third-order valence-corrected chi connectivity index (χ3v) is 6.83. The van der Waals surface area contributed by atoms with Crippen LogP contribution in [0, 0.1) is 0 Å². The number of anilines is 3. The molecule has 1 aromatic heterocycles. The number of hydrogen-bond donors (Lipinski definition) is 3. The second kappa shape index (κ2) is 8.70. The number of carbonyl (C=O) groups excluding carboxylic acids is 1. The summed E-state index contributed by atoms with van der Waals surface area (Å²) in [5.74, 6) is 0.323. The Hall–Kier alpha value is -3.49. The molecule has 2 fully saturated rings. The monoisotopic (exact) mass is 469 g/mol. The number of alkyl halides is 3. The van der Waals surface area contributed by atoms with Gasteiger partial charge in [0.15, 0.2) is 0 Å². The van der Waals surface area contributed by atoms with Crippen LogP contribution in [0.15, 0.2) is 48.7 Å². The first kappa shape index (κ1) is 22.3. The second-order valence-corrected chi connectivity index (χ2v) is 9.02. The van der Waals surface area contributed by atoms with Crippen molar-refractivity contribution in [2.45, 2.75) is 56.9 Å². The number of urea groups is 1. The highest BCUT2D eigenvalue weighted by Crippen LogP contribution is 2.45. The zero-order valence-corrected chi connectivity index (χ0v) is 18.5. The quantitative estimate of drug-likeness (QED) is 0.459. The van der Waals surface area contributed by atoms with Crippen molar-refractivity contribution in [3.63, 3.8) is 0 Å². The number of nitrogen functional groups attached to an aromatic ring is 1. The van der Waals surface area contributed by atoms with Crippen LogP contribution in [0.1, 0.15) is 43.2 Å². The smallest absolute Gasteiger partial charge is 0.384 e. The molecule has 2 aliphatic rings. The van der Waals surface area contributed by atoms with Gasteiger partial charge in [0.2, 0.25) is 0 Å². The first-order valence-corrected chi connectivity index (χ1v) is 11.5. The van der Waals surface area contributed by atoms with Crippen molar-refractivity contribution in [2.75, 3.05) is 16.0 Å². The van der Waals surface area contributed by atoms with E-state index in [0.717, 1.165) is 48.9 Å². The van der Waals surface area contributed by atoms with Crippen LogP contribution in [-0.2, 0) is 12.7 Å². The van der Waals surface area contributed by atoms with E-state index in [1.54, 1.807) is 36.5 Å². The van der Waals surface area contributed by atoms with Gasteiger partial charge >= 0.3 is 12.2 Å². The van der Waals surface area contributed by atoms with Gasteiger partial charge in [-0.15, -0.1) is 0 Å². The number of nitrogens with one attached hydrogen (secondary N) is 2. The van der Waals surface area contributed by atoms with Gasteiger partial charge in [0.25, 0.3) is 0 Å². The van der Waals surface area contributed by atoms with Gasteiger partial charge in [0.1, 0.15) is 5.82 Å². The van der Waals surface area contributed by atoms with Crippen LogP contribution in [0.4, 0.5) is 35.2 Å². The molecule has 2 amide bonds. The number of benzene rings is 2. The number of nitrogens with zero attached hydrogens (tertiary/aromatic N) is 2. The topological polar surface area (TPSA) is 83.3 Å². The minimum absolute atomic E-state index is 0.0312. The van der Waals surface area contributed by atoms with Gasteiger partial charge in [-0.2, -0.15) is 13.2 Å². The van der Waals surface area contributed by atoms with Gasteiger partial charge in [-0.1, -0.05) is 18.2 Å². The summed E-state index contributed by atoms with van der Waals surface area (Å²) in [4.78, 5) is 18.5. The Labute approximate surface area is 195 Å². The Morgan fingerprint density at radius 3 is 2.59 bits per heavy atom. The Morgan fingerprint density at radius 1 is 1.09 bits per heavy atom. The van der Waals surface area contributed by atoms with Gasteiger partial charge in [0, 0.05) is 41.3 Å². The van der Waals surface area contributed by atoms with Crippen molar-refractivity contribution >= 4 is 34.0 Å². The number of pyridine rings is 1. The Balaban J connectivity index is 1.32. The lowest BCUT2D eigenvalue weighted by Gasteiger charge is -2.38. The number of fused-ring (bicyclic) bond motifs is 3. The number of amides is 2. The van der Waals surface area contributed by atoms with Crippen LogP contribution in [0.25, 0.3) is 10.8 Å². The molecule has 2 aromatic carbocycles. The van der Waals surface area contributed by atoms with E-state index < -0.39 is 17.8 Å². The highest BCUT2D eigenvalue weighted by molar-refractivity contribution is 6.02. The molecule has 2 bridgehead atoms. The lowest BCUT2D eigenvalue weighted by atomic mass is 9.99. The molecule has 2 saturated heterocycles. The normalized spacial score (nSPS) is 19.9. The maximum Gasteiger partial charge on any atom is 0.418 e. The van der Waals surface area contributed by atoms with E-state index >= 15 is 0 Å². The summed E-state index contributed by atoms with van der Waals surface area (Å²) in [6.07, 6.45) is 1.98. The second-order valence-electron chi connectivity index (χ2n) is 9.02. The van der Waals surface area contributed by atoms with Crippen LogP contribution in [0.5, 0.6) is 0 Å². The maximum atomic E-state index is 14.0. The molecule has 0 radical (unpaired) electrons. The van der Waals surface area contributed by atoms with Crippen LogP contribution in [-0.4, -0.2) is 23.1 Å². The number of rotatable bonds is 4. The molecule has 0 aliphatic carbocycles. The van der Waals surface area contributed by atoms with Crippen molar-refractivity contribution in [3.8, 4) is 0 Å². The highest BCUT2D eigenvalue weighted by atomic mass is 19.4. The summed E-state index contributed by atoms with van der Waals surface area (Å²) in [5.41, 5.74) is 6.31. The summed E-state index contributed by atoms with van der Waals surface area (Å²) >= 11 is 0. The standard InChI is InChI=1S/C25H26F3N5O/c26-25(27,28)20-11-15(7-10-22(20)33-17-4-2-5-18(33)9-8-17)13-31-24(34)32-21-6-1-3-16-14-30-23(29)12-19(16)21/h1,3,6-7,10-12,14,17-18H,2,4-5,8-9,13H2,(H2,29,30)(H2,31,32,34)/t17-,18+. The van der Waals surface area contributed by atoms with Crippen molar-refractivity contribution < 1.29 is 18.0 Å². The minimum Gasteiger partial charge on any atom is -0.384 e. The molecule has 3 heterocycles. The molecule has 4 N–H and O–H groups in total. The molecule has 5 rings (SSSR count). The number of aromatic nitrogens is 1. The lowest BCUT2D eigenvalue weighted by molar-refractivity contribution is -0.137. The molecule has 2 aliphatic heterocycles. The van der Waals surface area contributed by atoms with Gasteiger partial charge in [0.05, 0.1) is 11.3 Å². The first-order valence-electron chi connectivity index (χ1n) is 11.5. The predicted molar refractivity (Wildman–Crippen MR) is 127 cm³/mol. The SMILES string of the molecule is Nc1cc2c(NC(=O)NCc3ccc(N4[C@@H]5CCC[C@H]4CC5)c(C(F)(F)F)c3)cccc2cn1. The zero-order chi connectivity index (χ0) is 23.9. The number of piperidine rings is 1. The van der Waals surface area contributed by atoms with E-state index in [4.69, 9.17) is 5.73 Å². The van der Waals surface area contributed by atoms with E-state index in [0.29, 0.717) is 17.1 Å². The van der Waals surface area contributed by atoms with Crippen LogP contribution in [0.3, 0.4) is 0 Å². The summed E-state index contributed by atoms with van der Waals surface area (Å²) < 4.78 is 42.0. The summed E-state index contributed by atoms with van der Waals surface area (Å²) in [6.45, 7) is -0.0312. The van der Waals surface area contributed by atoms with Crippen LogP contribution < -0.4 is 21.3 Å². The molecule has 3 aromatic rings. The number of hydrogen-bond acceptors (Lipinski definition) is 4. The fourth-order valence-electron chi connectivity index (χ4n) is 5.30. The largest absolute Gasteiger partial charge is 0.418 e. The van der Waals surface area contributed by atoms with Gasteiger partial charge in [-0.3, -0.25) is 0 Å². The Morgan fingerprint density at radius 2 is 1.85 bits per heavy atom. The molecule has 0 saturated carbocycles. The van der Waals surface area contributed by atoms with Crippen molar-refractivity contribution in [1.29, 1.82) is 0 Å². The van der Waals surface area contributed by atoms with Crippen molar-refractivity contribution in [1.82, 2.24) is 10.3 Å². The van der Waals surface area contributed by atoms with E-state index in [1.165, 1.54) is 0 Å². The third-order valence-electron chi connectivity index (χ3n) is 6.83. The van der Waals surface area contributed by atoms with E-state index in [-0.39, 0.29) is 24.3 Å². The van der Waals surface area contributed by atoms with E-state index in [9.17, 15) is 18.0 Å². The summed E-state index contributed by atoms with van der Waals surface area (Å²) in [7, 11) is 0. The predicted octanol–water partition coefficient (Wildman–Crippen LogP) is 5.68. The van der Waals surface area contributed by atoms with Gasteiger partial charge < -0.3 is 21.3 Å². The van der Waals surface area contributed by atoms with Gasteiger partial charge in [-0.25, -0.2) is 9.78 Å². The van der Waals surface area contributed by atoms with Gasteiger partial charge in [-0.05, 0) is 61.9 Å². The zero-order valence-electron chi connectivity index (χ0n) is 18.5. The lowest BCUT2D eigenvalue weighted by Crippen LogP contribution is -2.40. The van der Waals surface area contributed by atoms with Crippen molar-refractivity contribution in [3.05, 3.63) is 59.8 Å². The third kappa shape index (κ3) is 4.34. The van der Waals surface area contributed by atoms with Crippen LogP contribution >= 0.6 is 0 Å².